The molecule has 1 saturated carbocycles. The number of hydrogen-bond acceptors (Lipinski definition) is 3. The average molecular weight is 212 g/mol. The van der Waals surface area contributed by atoms with Crippen LogP contribution in [0.2, 0.25) is 0 Å². The van der Waals surface area contributed by atoms with E-state index in [0.29, 0.717) is 6.42 Å². The number of nitrogens with one attached hydrogen (secondary N) is 1. The van der Waals surface area contributed by atoms with Crippen molar-refractivity contribution in [2.75, 3.05) is 0 Å². The van der Waals surface area contributed by atoms with Gasteiger partial charge in [0.1, 0.15) is 11.8 Å². The highest BCUT2D eigenvalue weighted by Gasteiger charge is 2.31. The maximum absolute atomic E-state index is 11.4. The van der Waals surface area contributed by atoms with Gasteiger partial charge in [-0.05, 0) is 26.2 Å². The molecule has 1 fully saturated rings. The molecule has 3 N–H and O–H groups in total. The Bertz CT molecular complexity index is 284. The SMILES string of the molecule is CC(=O)CC[C@@H](NC(=O)C1CC1)C(N)=O. The highest BCUT2D eigenvalue weighted by molar-refractivity contribution is 5.89. The molecule has 1 aliphatic rings. The van der Waals surface area contributed by atoms with Gasteiger partial charge in [0.2, 0.25) is 11.8 Å². The van der Waals surface area contributed by atoms with E-state index in [9.17, 15) is 14.4 Å². The van der Waals surface area contributed by atoms with Crippen LogP contribution < -0.4 is 11.1 Å². The molecule has 0 saturated heterocycles. The molecule has 0 radical (unpaired) electrons. The van der Waals surface area contributed by atoms with Gasteiger partial charge in [-0.15, -0.1) is 0 Å². The van der Waals surface area contributed by atoms with Crippen molar-refractivity contribution in [3.8, 4) is 0 Å². The average Bonchev–Trinajstić information content (AvgIpc) is 2.93. The third-order valence-corrected chi connectivity index (χ3v) is 2.39. The Morgan fingerprint density at radius 1 is 1.40 bits per heavy atom. The van der Waals surface area contributed by atoms with Crippen molar-refractivity contribution in [1.82, 2.24) is 5.32 Å². The summed E-state index contributed by atoms with van der Waals surface area (Å²) in [6, 6.07) is -0.706. The molecule has 0 aliphatic heterocycles. The van der Waals surface area contributed by atoms with Crippen molar-refractivity contribution >= 4 is 17.6 Å². The first-order chi connectivity index (χ1) is 7.00. The summed E-state index contributed by atoms with van der Waals surface area (Å²) in [5.74, 6) is -0.668. The summed E-state index contributed by atoms with van der Waals surface area (Å²) >= 11 is 0. The van der Waals surface area contributed by atoms with Crippen LogP contribution in [0.4, 0.5) is 0 Å². The normalized spacial score (nSPS) is 16.9. The van der Waals surface area contributed by atoms with Gasteiger partial charge >= 0.3 is 0 Å². The predicted molar refractivity (Wildman–Crippen MR) is 53.8 cm³/mol. The summed E-state index contributed by atoms with van der Waals surface area (Å²) in [6.45, 7) is 1.45. The molecule has 84 valence electrons. The van der Waals surface area contributed by atoms with Gasteiger partial charge in [-0.2, -0.15) is 0 Å². The van der Waals surface area contributed by atoms with E-state index >= 15 is 0 Å². The molecule has 0 aromatic heterocycles. The smallest absolute Gasteiger partial charge is 0.240 e. The first-order valence-corrected chi connectivity index (χ1v) is 5.10. The minimum Gasteiger partial charge on any atom is -0.368 e. The summed E-state index contributed by atoms with van der Waals surface area (Å²) in [5.41, 5.74) is 5.13. The second kappa shape index (κ2) is 4.91. The molecular weight excluding hydrogens is 196 g/mol. The van der Waals surface area contributed by atoms with E-state index in [1.165, 1.54) is 6.92 Å². The van der Waals surface area contributed by atoms with Gasteiger partial charge in [-0.3, -0.25) is 9.59 Å². The number of carbonyl (C=O) groups excluding carboxylic acids is 3. The Hall–Kier alpha value is -1.39. The van der Waals surface area contributed by atoms with Crippen LogP contribution in [0.1, 0.15) is 32.6 Å². The molecule has 0 aromatic carbocycles. The lowest BCUT2D eigenvalue weighted by molar-refractivity contribution is -0.128. The maximum atomic E-state index is 11.4. The number of nitrogens with two attached hydrogens (primary N) is 1. The molecule has 0 aromatic rings. The first kappa shape index (κ1) is 11.7. The summed E-state index contributed by atoms with van der Waals surface area (Å²) < 4.78 is 0. The number of Topliss-reactive ketones (excluding diaryl/α,β-unsaturated/α-hetero) is 1. The van der Waals surface area contributed by atoms with Gasteiger partial charge in [-0.25, -0.2) is 0 Å². The van der Waals surface area contributed by atoms with Crippen molar-refractivity contribution in [2.45, 2.75) is 38.6 Å². The standard InChI is InChI=1S/C10H16N2O3/c1-6(13)2-5-8(9(11)14)12-10(15)7-3-4-7/h7-8H,2-5H2,1H3,(H2,11,14)(H,12,15)/t8-/m1/s1. The van der Waals surface area contributed by atoms with E-state index in [1.807, 2.05) is 0 Å². The molecule has 1 aliphatic carbocycles. The zero-order valence-electron chi connectivity index (χ0n) is 8.79. The lowest BCUT2D eigenvalue weighted by atomic mass is 10.1. The van der Waals surface area contributed by atoms with Crippen molar-refractivity contribution in [1.29, 1.82) is 0 Å². The second-order valence-electron chi connectivity index (χ2n) is 3.98. The van der Waals surface area contributed by atoms with Crippen LogP contribution in [0.15, 0.2) is 0 Å². The minimum absolute atomic E-state index is 0.0121. The summed E-state index contributed by atoms with van der Waals surface area (Å²) in [6.07, 6.45) is 2.32. The quantitative estimate of drug-likeness (QED) is 0.635. The second-order valence-corrected chi connectivity index (χ2v) is 3.98. The molecule has 15 heavy (non-hydrogen) atoms. The van der Waals surface area contributed by atoms with Gasteiger partial charge in [0.25, 0.3) is 0 Å². The summed E-state index contributed by atoms with van der Waals surface area (Å²) in [7, 11) is 0. The molecule has 0 bridgehead atoms. The zero-order chi connectivity index (χ0) is 11.4. The van der Waals surface area contributed by atoms with Gasteiger partial charge in [0.05, 0.1) is 0 Å². The third-order valence-electron chi connectivity index (χ3n) is 2.39. The number of rotatable bonds is 6. The molecule has 0 heterocycles. The Kier molecular flexibility index (Phi) is 3.82. The Balaban J connectivity index is 2.38. The topological polar surface area (TPSA) is 89.3 Å². The fourth-order valence-electron chi connectivity index (χ4n) is 1.27. The van der Waals surface area contributed by atoms with Gasteiger partial charge in [-0.1, -0.05) is 0 Å². The zero-order valence-corrected chi connectivity index (χ0v) is 8.79. The van der Waals surface area contributed by atoms with E-state index in [4.69, 9.17) is 5.73 Å². The van der Waals surface area contributed by atoms with Gasteiger partial charge in [0.15, 0.2) is 0 Å². The van der Waals surface area contributed by atoms with Crippen LogP contribution in [-0.2, 0) is 14.4 Å². The van der Waals surface area contributed by atoms with Crippen LogP contribution in [0.5, 0.6) is 0 Å². The fraction of sp³-hybridized carbons (Fsp3) is 0.700. The monoisotopic (exact) mass is 212 g/mol. The number of ketones is 1. The highest BCUT2D eigenvalue weighted by atomic mass is 16.2. The number of hydrogen-bond donors (Lipinski definition) is 2. The predicted octanol–water partition coefficient (Wildman–Crippen LogP) is -0.264. The van der Waals surface area contributed by atoms with Crippen molar-refractivity contribution in [3.05, 3.63) is 0 Å². The Morgan fingerprint density at radius 2 is 2.00 bits per heavy atom. The van der Waals surface area contributed by atoms with Gasteiger partial charge < -0.3 is 15.8 Å². The molecule has 1 rings (SSSR count). The largest absolute Gasteiger partial charge is 0.368 e. The van der Waals surface area contributed by atoms with Crippen LogP contribution in [0, 0.1) is 5.92 Å². The van der Waals surface area contributed by atoms with E-state index in [2.05, 4.69) is 5.32 Å². The van der Waals surface area contributed by atoms with Crippen LogP contribution in [-0.4, -0.2) is 23.6 Å². The lowest BCUT2D eigenvalue weighted by Crippen LogP contribution is -2.45. The minimum atomic E-state index is -0.706. The van der Waals surface area contributed by atoms with Crippen LogP contribution in [0.25, 0.3) is 0 Å². The van der Waals surface area contributed by atoms with Crippen molar-refractivity contribution in [2.24, 2.45) is 11.7 Å². The Morgan fingerprint density at radius 3 is 2.40 bits per heavy atom. The van der Waals surface area contributed by atoms with E-state index in [1.54, 1.807) is 0 Å². The van der Waals surface area contributed by atoms with E-state index in [-0.39, 0.29) is 24.0 Å². The third kappa shape index (κ3) is 4.10. The fourth-order valence-corrected chi connectivity index (χ4v) is 1.27. The molecule has 2 amide bonds. The van der Waals surface area contributed by atoms with E-state index < -0.39 is 11.9 Å². The summed E-state index contributed by atoms with van der Waals surface area (Å²) in [5, 5.41) is 2.57. The molecule has 5 heteroatoms. The molecule has 1 atom stereocenters. The maximum Gasteiger partial charge on any atom is 0.240 e. The van der Waals surface area contributed by atoms with Gasteiger partial charge in [0, 0.05) is 12.3 Å². The Labute approximate surface area is 88.4 Å². The van der Waals surface area contributed by atoms with Crippen LogP contribution >= 0.6 is 0 Å². The molecule has 5 nitrogen and oxygen atoms in total. The highest BCUT2D eigenvalue weighted by Crippen LogP contribution is 2.28. The van der Waals surface area contributed by atoms with E-state index in [0.717, 1.165) is 12.8 Å². The molecule has 0 unspecified atom stereocenters. The van der Waals surface area contributed by atoms with Crippen LogP contribution in [0.3, 0.4) is 0 Å². The molecule has 0 spiro atoms. The van der Waals surface area contributed by atoms with Crippen molar-refractivity contribution in [3.63, 3.8) is 0 Å². The van der Waals surface area contributed by atoms with Crippen molar-refractivity contribution < 1.29 is 14.4 Å². The summed E-state index contributed by atoms with van der Waals surface area (Å²) in [4.78, 5) is 33.1. The number of amides is 2. The first-order valence-electron chi connectivity index (χ1n) is 5.10. The molecular formula is C10H16N2O3. The number of primary amides is 1. The number of carbonyl (C=O) groups is 3. The lowest BCUT2D eigenvalue weighted by Gasteiger charge is -2.14.